The molecule has 1 N–H and O–H groups in total. The first-order valence-electron chi connectivity index (χ1n) is 5.65. The third-order valence-electron chi connectivity index (χ3n) is 2.32. The van der Waals surface area contributed by atoms with Crippen LogP contribution in [0.5, 0.6) is 5.75 Å². The van der Waals surface area contributed by atoms with Crippen molar-refractivity contribution in [2.75, 3.05) is 5.32 Å². The number of nitrogens with one attached hydrogen (secondary N) is 1. The van der Waals surface area contributed by atoms with E-state index < -0.39 is 5.97 Å². The third kappa shape index (κ3) is 3.38. The van der Waals surface area contributed by atoms with Crippen LogP contribution in [0.15, 0.2) is 48.8 Å². The minimum absolute atomic E-state index is 0.229. The van der Waals surface area contributed by atoms with Crippen LogP contribution in [-0.4, -0.2) is 16.9 Å². The number of anilines is 1. The Bertz CT molecular complexity index is 597. The van der Waals surface area contributed by atoms with Crippen LogP contribution >= 0.6 is 0 Å². The highest BCUT2D eigenvalue weighted by Crippen LogP contribution is 2.24. The molecule has 0 saturated carbocycles. The number of amides is 1. The first-order valence-corrected chi connectivity index (χ1v) is 5.65. The number of benzene rings is 1. The normalized spacial score (nSPS) is 9.74. The van der Waals surface area contributed by atoms with E-state index in [0.29, 0.717) is 17.0 Å². The van der Waals surface area contributed by atoms with Crippen molar-refractivity contribution in [2.45, 2.75) is 6.92 Å². The fraction of sp³-hybridized carbons (Fsp3) is 0.0714. The Balaban J connectivity index is 2.19. The molecule has 0 fully saturated rings. The molecular formula is C14H12N2O3. The number of ether oxygens (including phenoxy) is 1. The lowest BCUT2D eigenvalue weighted by atomic mass is 10.2. The summed E-state index contributed by atoms with van der Waals surface area (Å²) in [4.78, 5) is 26.8. The van der Waals surface area contributed by atoms with Crippen LogP contribution in [0.3, 0.4) is 0 Å². The molecule has 0 unspecified atom stereocenters. The molecule has 19 heavy (non-hydrogen) atoms. The molecule has 0 saturated heterocycles. The van der Waals surface area contributed by atoms with Gasteiger partial charge in [-0.1, -0.05) is 12.1 Å². The SMILES string of the molecule is CC(=O)Nc1ccccc1OC(=O)c1ccncc1. The van der Waals surface area contributed by atoms with Crippen molar-refractivity contribution in [3.8, 4) is 5.75 Å². The number of hydrogen-bond donors (Lipinski definition) is 1. The minimum Gasteiger partial charge on any atom is -0.421 e. The summed E-state index contributed by atoms with van der Waals surface area (Å²) in [6.07, 6.45) is 3.02. The molecule has 0 aliphatic heterocycles. The van der Waals surface area contributed by atoms with E-state index in [0.717, 1.165) is 0 Å². The number of rotatable bonds is 3. The lowest BCUT2D eigenvalue weighted by Gasteiger charge is -2.09. The van der Waals surface area contributed by atoms with Gasteiger partial charge in [0.1, 0.15) is 0 Å². The van der Waals surface area contributed by atoms with Gasteiger partial charge in [0.2, 0.25) is 5.91 Å². The van der Waals surface area contributed by atoms with Crippen LogP contribution in [0.1, 0.15) is 17.3 Å². The average molecular weight is 256 g/mol. The lowest BCUT2D eigenvalue weighted by molar-refractivity contribution is -0.114. The average Bonchev–Trinajstić information content (AvgIpc) is 2.41. The molecule has 0 radical (unpaired) electrons. The summed E-state index contributed by atoms with van der Waals surface area (Å²) in [5.41, 5.74) is 0.852. The summed E-state index contributed by atoms with van der Waals surface area (Å²) < 4.78 is 5.25. The molecule has 0 atom stereocenters. The molecule has 1 heterocycles. The molecule has 0 aliphatic carbocycles. The van der Waals surface area contributed by atoms with Gasteiger partial charge >= 0.3 is 5.97 Å². The monoisotopic (exact) mass is 256 g/mol. The zero-order chi connectivity index (χ0) is 13.7. The van der Waals surface area contributed by atoms with E-state index in [1.807, 2.05) is 0 Å². The summed E-state index contributed by atoms with van der Waals surface area (Å²) >= 11 is 0. The van der Waals surface area contributed by atoms with Gasteiger partial charge in [0.05, 0.1) is 11.3 Å². The summed E-state index contributed by atoms with van der Waals surface area (Å²) in [5.74, 6) is -0.424. The van der Waals surface area contributed by atoms with Crippen LogP contribution in [-0.2, 0) is 4.79 Å². The van der Waals surface area contributed by atoms with Crippen LogP contribution in [0.25, 0.3) is 0 Å². The lowest BCUT2D eigenvalue weighted by Crippen LogP contribution is -2.12. The fourth-order valence-corrected chi connectivity index (χ4v) is 1.50. The second-order valence-electron chi connectivity index (χ2n) is 3.80. The minimum atomic E-state index is -0.500. The predicted octanol–water partition coefficient (Wildman–Crippen LogP) is 2.26. The molecule has 1 aromatic heterocycles. The maximum absolute atomic E-state index is 11.9. The maximum Gasteiger partial charge on any atom is 0.343 e. The quantitative estimate of drug-likeness (QED) is 0.675. The number of esters is 1. The van der Waals surface area contributed by atoms with Gasteiger partial charge in [-0.15, -0.1) is 0 Å². The molecule has 0 bridgehead atoms. The topological polar surface area (TPSA) is 68.3 Å². The number of hydrogen-bond acceptors (Lipinski definition) is 4. The summed E-state index contributed by atoms with van der Waals surface area (Å²) in [6.45, 7) is 1.39. The van der Waals surface area contributed by atoms with Crippen molar-refractivity contribution in [2.24, 2.45) is 0 Å². The molecule has 5 nitrogen and oxygen atoms in total. The Hall–Kier alpha value is -2.69. The number of para-hydroxylation sites is 2. The van der Waals surface area contributed by atoms with E-state index in [9.17, 15) is 9.59 Å². The van der Waals surface area contributed by atoms with Gasteiger partial charge in [0, 0.05) is 19.3 Å². The maximum atomic E-state index is 11.9. The van der Waals surface area contributed by atoms with E-state index in [1.165, 1.54) is 19.3 Å². The Labute approximate surface area is 110 Å². The van der Waals surface area contributed by atoms with E-state index in [2.05, 4.69) is 10.3 Å². The second-order valence-corrected chi connectivity index (χ2v) is 3.80. The molecule has 1 aromatic carbocycles. The van der Waals surface area contributed by atoms with Crippen LogP contribution in [0.2, 0.25) is 0 Å². The number of pyridine rings is 1. The number of nitrogens with zero attached hydrogens (tertiary/aromatic N) is 1. The highest BCUT2D eigenvalue weighted by molar-refractivity contribution is 5.94. The van der Waals surface area contributed by atoms with Crippen LogP contribution in [0, 0.1) is 0 Å². The van der Waals surface area contributed by atoms with Gasteiger partial charge in [-0.05, 0) is 24.3 Å². The second kappa shape index (κ2) is 5.77. The van der Waals surface area contributed by atoms with Crippen LogP contribution in [0.4, 0.5) is 5.69 Å². The number of carbonyl (C=O) groups is 2. The first kappa shape index (κ1) is 12.8. The van der Waals surface area contributed by atoms with E-state index in [1.54, 1.807) is 36.4 Å². The van der Waals surface area contributed by atoms with E-state index in [-0.39, 0.29) is 5.91 Å². The Morgan fingerprint density at radius 1 is 1.11 bits per heavy atom. The molecule has 96 valence electrons. The zero-order valence-corrected chi connectivity index (χ0v) is 10.3. The molecule has 0 aliphatic rings. The molecule has 2 aromatic rings. The van der Waals surface area contributed by atoms with Crippen molar-refractivity contribution in [1.29, 1.82) is 0 Å². The van der Waals surface area contributed by atoms with Gasteiger partial charge in [0.25, 0.3) is 0 Å². The van der Waals surface area contributed by atoms with Gasteiger partial charge in [-0.2, -0.15) is 0 Å². The summed E-state index contributed by atoms with van der Waals surface area (Å²) in [6, 6.07) is 9.86. The Morgan fingerprint density at radius 3 is 2.47 bits per heavy atom. The standard InChI is InChI=1S/C14H12N2O3/c1-10(17)16-12-4-2-3-5-13(12)19-14(18)11-6-8-15-9-7-11/h2-9H,1H3,(H,16,17). The predicted molar refractivity (Wildman–Crippen MR) is 69.9 cm³/mol. The van der Waals surface area contributed by atoms with Crippen molar-refractivity contribution in [3.05, 3.63) is 54.4 Å². The molecule has 0 spiro atoms. The van der Waals surface area contributed by atoms with Crippen molar-refractivity contribution in [3.63, 3.8) is 0 Å². The largest absolute Gasteiger partial charge is 0.421 e. The summed E-state index contributed by atoms with van der Waals surface area (Å²) in [7, 11) is 0. The Morgan fingerprint density at radius 2 is 1.79 bits per heavy atom. The van der Waals surface area contributed by atoms with E-state index >= 15 is 0 Å². The number of carbonyl (C=O) groups excluding carboxylic acids is 2. The fourth-order valence-electron chi connectivity index (χ4n) is 1.50. The zero-order valence-electron chi connectivity index (χ0n) is 10.3. The molecule has 1 amide bonds. The third-order valence-corrected chi connectivity index (χ3v) is 2.32. The molecule has 5 heteroatoms. The number of aromatic nitrogens is 1. The molecular weight excluding hydrogens is 244 g/mol. The first-order chi connectivity index (χ1) is 9.16. The van der Waals surface area contributed by atoms with Gasteiger partial charge in [-0.25, -0.2) is 4.79 Å². The van der Waals surface area contributed by atoms with Gasteiger partial charge in [-0.3, -0.25) is 9.78 Å². The smallest absolute Gasteiger partial charge is 0.343 e. The van der Waals surface area contributed by atoms with Crippen molar-refractivity contribution >= 4 is 17.6 Å². The van der Waals surface area contributed by atoms with Crippen molar-refractivity contribution < 1.29 is 14.3 Å². The summed E-state index contributed by atoms with van der Waals surface area (Å²) in [5, 5.41) is 2.60. The van der Waals surface area contributed by atoms with Crippen LogP contribution < -0.4 is 10.1 Å². The van der Waals surface area contributed by atoms with Gasteiger partial charge < -0.3 is 10.1 Å². The van der Waals surface area contributed by atoms with Crippen molar-refractivity contribution in [1.82, 2.24) is 4.98 Å². The van der Waals surface area contributed by atoms with E-state index in [4.69, 9.17) is 4.74 Å². The highest BCUT2D eigenvalue weighted by atomic mass is 16.5. The highest BCUT2D eigenvalue weighted by Gasteiger charge is 2.11. The molecule has 2 rings (SSSR count). The Kier molecular flexibility index (Phi) is 3.87. The van der Waals surface area contributed by atoms with Gasteiger partial charge in [0.15, 0.2) is 5.75 Å².